The van der Waals surface area contributed by atoms with Gasteiger partial charge in [0.05, 0.1) is 6.10 Å². The highest BCUT2D eigenvalue weighted by molar-refractivity contribution is 5.32. The van der Waals surface area contributed by atoms with E-state index in [0.29, 0.717) is 18.5 Å². The minimum absolute atomic E-state index is 0.211. The van der Waals surface area contributed by atoms with Crippen molar-refractivity contribution >= 4 is 0 Å². The predicted octanol–water partition coefficient (Wildman–Crippen LogP) is 1.39. The summed E-state index contributed by atoms with van der Waals surface area (Å²) in [5.74, 6) is -0.211. The van der Waals surface area contributed by atoms with Crippen LogP contribution in [0.3, 0.4) is 0 Å². The van der Waals surface area contributed by atoms with Crippen LogP contribution in [-0.2, 0) is 6.42 Å². The molecular weight excluding hydrogens is 181 g/mol. The second kappa shape index (κ2) is 3.67. The largest absolute Gasteiger partial charge is 0.387 e. The van der Waals surface area contributed by atoms with Gasteiger partial charge in [-0.25, -0.2) is 4.39 Å². The van der Waals surface area contributed by atoms with Gasteiger partial charge in [0.2, 0.25) is 0 Å². The first-order valence-electron chi connectivity index (χ1n) is 4.87. The molecule has 0 saturated heterocycles. The van der Waals surface area contributed by atoms with Crippen LogP contribution < -0.4 is 5.32 Å². The van der Waals surface area contributed by atoms with E-state index < -0.39 is 6.10 Å². The van der Waals surface area contributed by atoms with Gasteiger partial charge >= 0.3 is 0 Å². The van der Waals surface area contributed by atoms with Crippen molar-refractivity contribution in [2.45, 2.75) is 25.5 Å². The summed E-state index contributed by atoms with van der Waals surface area (Å²) in [5, 5.41) is 12.9. The molecule has 0 aliphatic carbocycles. The molecule has 2 atom stereocenters. The highest BCUT2D eigenvalue weighted by Crippen LogP contribution is 2.24. The number of nitrogens with one attached hydrogen (secondary N) is 1. The Labute approximate surface area is 82.8 Å². The minimum atomic E-state index is -0.592. The summed E-state index contributed by atoms with van der Waals surface area (Å²) in [6.07, 6.45) is 0.0460. The van der Waals surface area contributed by atoms with Crippen molar-refractivity contribution in [2.75, 3.05) is 6.54 Å². The molecule has 14 heavy (non-hydrogen) atoms. The normalized spacial score (nSPS) is 26.8. The summed E-state index contributed by atoms with van der Waals surface area (Å²) >= 11 is 0. The topological polar surface area (TPSA) is 32.3 Å². The van der Waals surface area contributed by atoms with Crippen LogP contribution >= 0.6 is 0 Å². The Morgan fingerprint density at radius 2 is 2.29 bits per heavy atom. The molecule has 3 heteroatoms. The van der Waals surface area contributed by atoms with Crippen LogP contribution in [0.15, 0.2) is 18.2 Å². The monoisotopic (exact) mass is 195 g/mol. The molecule has 0 fully saturated rings. The van der Waals surface area contributed by atoms with E-state index in [1.54, 1.807) is 12.1 Å². The molecule has 1 aromatic rings. The van der Waals surface area contributed by atoms with Crippen LogP contribution in [0.25, 0.3) is 0 Å². The van der Waals surface area contributed by atoms with Gasteiger partial charge in [-0.3, -0.25) is 0 Å². The van der Waals surface area contributed by atoms with Crippen molar-refractivity contribution < 1.29 is 9.50 Å². The van der Waals surface area contributed by atoms with Gasteiger partial charge in [0.1, 0.15) is 5.82 Å². The number of β-amino-alcohol motifs (C(OH)–C–C–N with tert-alkyl or cyclic N) is 1. The Bertz CT molecular complexity index is 340. The third-order valence-electron chi connectivity index (χ3n) is 2.68. The summed E-state index contributed by atoms with van der Waals surface area (Å²) in [6, 6.07) is 5.10. The molecule has 0 saturated carbocycles. The second-order valence-corrected chi connectivity index (χ2v) is 3.84. The molecule has 0 aromatic heterocycles. The summed E-state index contributed by atoms with van der Waals surface area (Å²) in [7, 11) is 0. The maximum Gasteiger partial charge on any atom is 0.126 e. The third-order valence-corrected chi connectivity index (χ3v) is 2.68. The van der Waals surface area contributed by atoms with E-state index in [1.807, 2.05) is 6.92 Å². The molecule has 0 bridgehead atoms. The number of fused-ring (bicyclic) bond motifs is 1. The average Bonchev–Trinajstić information content (AvgIpc) is 2.30. The Morgan fingerprint density at radius 1 is 1.50 bits per heavy atom. The summed E-state index contributed by atoms with van der Waals surface area (Å²) in [4.78, 5) is 0. The molecule has 1 aliphatic heterocycles. The van der Waals surface area contributed by atoms with E-state index in [0.717, 1.165) is 5.56 Å². The Morgan fingerprint density at radius 3 is 3.07 bits per heavy atom. The predicted molar refractivity (Wildman–Crippen MR) is 52.5 cm³/mol. The molecule has 0 radical (unpaired) electrons. The van der Waals surface area contributed by atoms with Crippen LogP contribution in [-0.4, -0.2) is 17.7 Å². The quantitative estimate of drug-likeness (QED) is 0.655. The van der Waals surface area contributed by atoms with Gasteiger partial charge in [0, 0.05) is 12.6 Å². The van der Waals surface area contributed by atoms with Gasteiger partial charge < -0.3 is 10.4 Å². The average molecular weight is 195 g/mol. The minimum Gasteiger partial charge on any atom is -0.387 e. The number of hydrogen-bond donors (Lipinski definition) is 2. The van der Waals surface area contributed by atoms with Crippen molar-refractivity contribution in [3.05, 3.63) is 35.1 Å². The van der Waals surface area contributed by atoms with E-state index in [4.69, 9.17) is 0 Å². The van der Waals surface area contributed by atoms with Crippen LogP contribution in [0.2, 0.25) is 0 Å². The lowest BCUT2D eigenvalue weighted by atomic mass is 9.99. The SMILES string of the molecule is CC1Cc2c(F)cccc2C(O)CN1. The van der Waals surface area contributed by atoms with Gasteiger partial charge in [-0.15, -0.1) is 0 Å². The van der Waals surface area contributed by atoms with Gasteiger partial charge in [-0.2, -0.15) is 0 Å². The maximum absolute atomic E-state index is 13.5. The molecule has 1 heterocycles. The molecule has 2 unspecified atom stereocenters. The zero-order chi connectivity index (χ0) is 10.1. The van der Waals surface area contributed by atoms with Crippen LogP contribution in [0.1, 0.15) is 24.2 Å². The van der Waals surface area contributed by atoms with Gasteiger partial charge in [-0.1, -0.05) is 12.1 Å². The van der Waals surface area contributed by atoms with Gasteiger partial charge in [-0.05, 0) is 30.5 Å². The van der Waals surface area contributed by atoms with Crippen molar-refractivity contribution in [3.8, 4) is 0 Å². The highest BCUT2D eigenvalue weighted by Gasteiger charge is 2.21. The lowest BCUT2D eigenvalue weighted by molar-refractivity contribution is 0.174. The zero-order valence-electron chi connectivity index (χ0n) is 8.13. The number of benzene rings is 1. The van der Waals surface area contributed by atoms with Crippen LogP contribution in [0.5, 0.6) is 0 Å². The van der Waals surface area contributed by atoms with Crippen molar-refractivity contribution in [3.63, 3.8) is 0 Å². The fourth-order valence-corrected chi connectivity index (χ4v) is 1.90. The molecule has 2 rings (SSSR count). The van der Waals surface area contributed by atoms with E-state index >= 15 is 0 Å². The Kier molecular flexibility index (Phi) is 2.52. The summed E-state index contributed by atoms with van der Waals surface area (Å²) < 4.78 is 13.5. The molecule has 2 nitrogen and oxygen atoms in total. The Hall–Kier alpha value is -0.930. The van der Waals surface area contributed by atoms with E-state index in [1.165, 1.54) is 6.07 Å². The number of halogens is 1. The Balaban J connectivity index is 2.46. The molecular formula is C11H14FNO. The lowest BCUT2D eigenvalue weighted by Gasteiger charge is -2.10. The second-order valence-electron chi connectivity index (χ2n) is 3.84. The third kappa shape index (κ3) is 1.65. The molecule has 1 aliphatic rings. The van der Waals surface area contributed by atoms with Gasteiger partial charge in [0.25, 0.3) is 0 Å². The number of aliphatic hydroxyl groups excluding tert-OH is 1. The standard InChI is InChI=1S/C11H14FNO/c1-7-5-9-8(11(14)6-13-7)3-2-4-10(9)12/h2-4,7,11,13-14H,5-6H2,1H3. The molecule has 76 valence electrons. The summed E-state index contributed by atoms with van der Waals surface area (Å²) in [6.45, 7) is 2.49. The summed E-state index contributed by atoms with van der Waals surface area (Å²) in [5.41, 5.74) is 1.37. The van der Waals surface area contributed by atoms with Crippen molar-refractivity contribution in [1.82, 2.24) is 5.32 Å². The van der Waals surface area contributed by atoms with E-state index in [2.05, 4.69) is 5.32 Å². The molecule has 0 spiro atoms. The van der Waals surface area contributed by atoms with E-state index in [9.17, 15) is 9.50 Å². The number of hydrogen-bond acceptors (Lipinski definition) is 2. The lowest BCUT2D eigenvalue weighted by Crippen LogP contribution is -2.28. The molecule has 2 N–H and O–H groups in total. The van der Waals surface area contributed by atoms with Crippen molar-refractivity contribution in [2.24, 2.45) is 0 Å². The first-order valence-corrected chi connectivity index (χ1v) is 4.87. The van der Waals surface area contributed by atoms with Crippen molar-refractivity contribution in [1.29, 1.82) is 0 Å². The smallest absolute Gasteiger partial charge is 0.126 e. The fourth-order valence-electron chi connectivity index (χ4n) is 1.90. The number of aliphatic hydroxyl groups is 1. The first-order chi connectivity index (χ1) is 6.68. The molecule has 0 amide bonds. The zero-order valence-corrected chi connectivity index (χ0v) is 8.13. The van der Waals surface area contributed by atoms with Crippen LogP contribution in [0, 0.1) is 5.82 Å². The number of rotatable bonds is 0. The highest BCUT2D eigenvalue weighted by atomic mass is 19.1. The maximum atomic E-state index is 13.5. The van der Waals surface area contributed by atoms with Crippen LogP contribution in [0.4, 0.5) is 4.39 Å². The first kappa shape index (κ1) is 9.62. The van der Waals surface area contributed by atoms with E-state index in [-0.39, 0.29) is 11.9 Å². The van der Waals surface area contributed by atoms with Gasteiger partial charge in [0.15, 0.2) is 0 Å². The molecule has 1 aromatic carbocycles. The fraction of sp³-hybridized carbons (Fsp3) is 0.455.